The van der Waals surface area contributed by atoms with Crippen molar-refractivity contribution in [2.24, 2.45) is 0 Å². The molecule has 6 rings (SSSR count). The first kappa shape index (κ1) is 22.2. The van der Waals surface area contributed by atoms with Gasteiger partial charge in [-0.15, -0.1) is 16.4 Å². The van der Waals surface area contributed by atoms with Gasteiger partial charge < -0.3 is 14.5 Å². The third kappa shape index (κ3) is 4.32. The van der Waals surface area contributed by atoms with E-state index in [9.17, 15) is 4.79 Å². The van der Waals surface area contributed by atoms with Crippen LogP contribution in [0.25, 0.3) is 10.9 Å². The lowest BCUT2D eigenvalue weighted by atomic mass is 10.1. The Labute approximate surface area is 206 Å². The van der Waals surface area contributed by atoms with Crippen molar-refractivity contribution in [1.82, 2.24) is 30.1 Å². The molecule has 2 aliphatic rings. The Morgan fingerprint density at radius 2 is 2.03 bits per heavy atom. The van der Waals surface area contributed by atoms with Gasteiger partial charge >= 0.3 is 0 Å². The van der Waals surface area contributed by atoms with Crippen LogP contribution in [0.5, 0.6) is 11.5 Å². The molecule has 1 saturated carbocycles. The van der Waals surface area contributed by atoms with Crippen molar-refractivity contribution in [2.45, 2.75) is 64.2 Å². The second-order valence-corrected chi connectivity index (χ2v) is 10.3. The minimum Gasteiger partial charge on any atom is -0.454 e. The van der Waals surface area contributed by atoms with Crippen molar-refractivity contribution in [3.05, 3.63) is 62.3 Å². The second kappa shape index (κ2) is 9.43. The van der Waals surface area contributed by atoms with Gasteiger partial charge in [0.25, 0.3) is 5.56 Å². The zero-order valence-corrected chi connectivity index (χ0v) is 20.5. The largest absolute Gasteiger partial charge is 0.454 e. The third-order valence-corrected chi connectivity index (χ3v) is 7.90. The van der Waals surface area contributed by atoms with Crippen LogP contribution in [0.4, 0.5) is 0 Å². The number of hydrogen-bond acceptors (Lipinski definition) is 8. The van der Waals surface area contributed by atoms with Gasteiger partial charge in [0, 0.05) is 35.0 Å². The maximum atomic E-state index is 13.1. The number of nitrogens with zero attached hydrogens (tertiary/aromatic N) is 5. The summed E-state index contributed by atoms with van der Waals surface area (Å²) in [7, 11) is 0. The van der Waals surface area contributed by atoms with Crippen molar-refractivity contribution >= 4 is 22.2 Å². The number of benzene rings is 1. The molecule has 1 aliphatic carbocycles. The first-order valence-electron chi connectivity index (χ1n) is 12.2. The molecule has 4 aromatic rings. The normalized spacial score (nSPS) is 16.5. The van der Waals surface area contributed by atoms with E-state index >= 15 is 0 Å². The van der Waals surface area contributed by atoms with Crippen LogP contribution in [0.3, 0.4) is 0 Å². The highest BCUT2D eigenvalue weighted by Gasteiger charge is 2.30. The Morgan fingerprint density at radius 1 is 1.20 bits per heavy atom. The van der Waals surface area contributed by atoms with E-state index in [1.807, 2.05) is 22.9 Å². The quantitative estimate of drug-likeness (QED) is 0.385. The van der Waals surface area contributed by atoms with Crippen LogP contribution < -0.4 is 15.0 Å². The highest BCUT2D eigenvalue weighted by molar-refractivity contribution is 7.09. The zero-order chi connectivity index (χ0) is 23.8. The molecule has 1 aromatic carbocycles. The average molecular weight is 493 g/mol. The molecule has 3 aromatic heterocycles. The maximum Gasteiger partial charge on any atom is 0.252 e. The van der Waals surface area contributed by atoms with E-state index in [-0.39, 0.29) is 18.4 Å². The van der Waals surface area contributed by atoms with Crippen LogP contribution in [0.1, 0.15) is 67.4 Å². The molecule has 0 spiro atoms. The molecule has 0 bridgehead atoms. The summed E-state index contributed by atoms with van der Waals surface area (Å²) in [5, 5.41) is 15.9. The first-order valence-corrected chi connectivity index (χ1v) is 13.1. The molecule has 1 aliphatic heterocycles. The first-order chi connectivity index (χ1) is 17.2. The number of H-pyrrole nitrogens is 1. The van der Waals surface area contributed by atoms with Gasteiger partial charge in [-0.25, -0.2) is 4.68 Å². The van der Waals surface area contributed by atoms with Gasteiger partial charge in [-0.2, -0.15) is 0 Å². The summed E-state index contributed by atoms with van der Waals surface area (Å²) >= 11 is 1.72. The third-order valence-electron chi connectivity index (χ3n) is 7.04. The van der Waals surface area contributed by atoms with E-state index in [2.05, 4.69) is 49.8 Å². The fourth-order valence-corrected chi connectivity index (χ4v) is 6.02. The van der Waals surface area contributed by atoms with E-state index in [0.717, 1.165) is 36.0 Å². The molecule has 1 fully saturated rings. The highest BCUT2D eigenvalue weighted by atomic mass is 32.1. The van der Waals surface area contributed by atoms with Gasteiger partial charge in [-0.3, -0.25) is 9.69 Å². The minimum absolute atomic E-state index is 0.0143. The number of aromatic nitrogens is 5. The Morgan fingerprint density at radius 3 is 2.80 bits per heavy atom. The summed E-state index contributed by atoms with van der Waals surface area (Å²) in [4.78, 5) is 19.8. The molecule has 4 heterocycles. The predicted molar refractivity (Wildman–Crippen MR) is 133 cm³/mol. The summed E-state index contributed by atoms with van der Waals surface area (Å²) in [5.41, 5.74) is 1.34. The summed E-state index contributed by atoms with van der Waals surface area (Å²) in [5.74, 6) is 2.25. The maximum absolute atomic E-state index is 13.1. The van der Waals surface area contributed by atoms with Gasteiger partial charge in [-0.05, 0) is 53.3 Å². The van der Waals surface area contributed by atoms with Gasteiger partial charge in [0.2, 0.25) is 6.79 Å². The Bertz CT molecular complexity index is 1380. The summed E-state index contributed by atoms with van der Waals surface area (Å²) in [6, 6.07) is 10.3. The van der Waals surface area contributed by atoms with Crippen molar-refractivity contribution in [1.29, 1.82) is 0 Å². The SMILES string of the molecule is CC[C@@H](c1nnnn1C1CCCC1)N(Cc1cccs1)Cc1cc2cc3c(cc2[nH]c1=O)OCO3. The van der Waals surface area contributed by atoms with Crippen molar-refractivity contribution in [3.8, 4) is 11.5 Å². The van der Waals surface area contributed by atoms with Gasteiger partial charge in [0.05, 0.1) is 17.6 Å². The smallest absolute Gasteiger partial charge is 0.252 e. The number of fused-ring (bicyclic) bond motifs is 2. The molecule has 10 heteroatoms. The number of thiophene rings is 1. The molecule has 9 nitrogen and oxygen atoms in total. The fraction of sp³-hybridized carbons (Fsp3) is 0.440. The van der Waals surface area contributed by atoms with E-state index in [1.165, 1.54) is 17.7 Å². The van der Waals surface area contributed by atoms with Crippen LogP contribution in [0.15, 0.2) is 40.5 Å². The summed E-state index contributed by atoms with van der Waals surface area (Å²) in [6.45, 7) is 3.55. The van der Waals surface area contributed by atoms with Crippen molar-refractivity contribution in [2.75, 3.05) is 6.79 Å². The molecule has 0 radical (unpaired) electrons. The molecule has 182 valence electrons. The number of ether oxygens (including phenoxy) is 2. The van der Waals surface area contributed by atoms with Crippen molar-refractivity contribution in [3.63, 3.8) is 0 Å². The summed E-state index contributed by atoms with van der Waals surface area (Å²) in [6.07, 6.45) is 5.48. The number of nitrogens with one attached hydrogen (secondary N) is 1. The number of pyridine rings is 1. The van der Waals surface area contributed by atoms with Crippen molar-refractivity contribution < 1.29 is 9.47 Å². The van der Waals surface area contributed by atoms with E-state index in [0.29, 0.717) is 36.2 Å². The molecular weight excluding hydrogens is 464 g/mol. The molecule has 0 saturated heterocycles. The molecule has 1 N–H and O–H groups in total. The topological polar surface area (TPSA) is 98.2 Å². The minimum atomic E-state index is -0.0993. The van der Waals surface area contributed by atoms with Gasteiger partial charge in [-0.1, -0.05) is 25.8 Å². The second-order valence-electron chi connectivity index (χ2n) is 9.24. The molecule has 35 heavy (non-hydrogen) atoms. The number of hydrogen-bond donors (Lipinski definition) is 1. The van der Waals surface area contributed by atoms with Crippen LogP contribution in [-0.4, -0.2) is 36.9 Å². The monoisotopic (exact) mass is 492 g/mol. The van der Waals surface area contributed by atoms with Crippen LogP contribution in [0, 0.1) is 0 Å². The average Bonchev–Trinajstić information content (AvgIpc) is 3.66. The summed E-state index contributed by atoms with van der Waals surface area (Å²) < 4.78 is 13.0. The standard InChI is InChI=1S/C25H28N6O3S/c1-2-21(24-27-28-29-31(24)18-6-3-4-7-18)30(14-19-8-5-9-35-19)13-17-10-16-11-22-23(34-15-33-22)12-20(16)26-25(17)32/h5,8-12,18,21H,2-4,6-7,13-15H2,1H3,(H,26,32)/t21-/m0/s1. The molecule has 1 atom stereocenters. The van der Waals surface area contributed by atoms with Gasteiger partial charge in [0.1, 0.15) is 0 Å². The Hall–Kier alpha value is -3.24. The molecule has 0 unspecified atom stereocenters. The fourth-order valence-electron chi connectivity index (χ4n) is 5.29. The van der Waals surface area contributed by atoms with Crippen LogP contribution >= 0.6 is 11.3 Å². The highest BCUT2D eigenvalue weighted by Crippen LogP contribution is 2.36. The number of tetrazole rings is 1. The lowest BCUT2D eigenvalue weighted by molar-refractivity contribution is 0.159. The molecule has 0 amide bonds. The number of aromatic amines is 1. The molecular formula is C25H28N6O3S. The van der Waals surface area contributed by atoms with Crippen LogP contribution in [-0.2, 0) is 13.1 Å². The Kier molecular flexibility index (Phi) is 5.99. The van der Waals surface area contributed by atoms with E-state index < -0.39 is 0 Å². The lowest BCUT2D eigenvalue weighted by Gasteiger charge is -2.30. The Balaban J connectivity index is 1.37. The predicted octanol–water partition coefficient (Wildman–Crippen LogP) is 4.57. The van der Waals surface area contributed by atoms with Crippen LogP contribution in [0.2, 0.25) is 0 Å². The van der Waals surface area contributed by atoms with E-state index in [1.54, 1.807) is 11.3 Å². The van der Waals surface area contributed by atoms with E-state index in [4.69, 9.17) is 9.47 Å². The zero-order valence-electron chi connectivity index (χ0n) is 19.6. The lowest BCUT2D eigenvalue weighted by Crippen LogP contribution is -2.32. The number of rotatable bonds is 8. The van der Waals surface area contributed by atoms with Gasteiger partial charge in [0.15, 0.2) is 17.3 Å².